The van der Waals surface area contributed by atoms with Crippen molar-refractivity contribution >= 4 is 18.3 Å². The zero-order valence-electron chi connectivity index (χ0n) is 9.16. The molecule has 0 radical (unpaired) electrons. The van der Waals surface area contributed by atoms with E-state index in [0.29, 0.717) is 0 Å². The summed E-state index contributed by atoms with van der Waals surface area (Å²) in [5, 5.41) is -0.541. The molecule has 0 spiro atoms. The van der Waals surface area contributed by atoms with E-state index in [1.807, 2.05) is 13.8 Å². The van der Waals surface area contributed by atoms with Crippen LogP contribution in [0.15, 0.2) is 0 Å². The van der Waals surface area contributed by atoms with Crippen LogP contribution in [0.1, 0.15) is 41.0 Å². The summed E-state index contributed by atoms with van der Waals surface area (Å²) in [5.41, 5.74) is 0.0824. The summed E-state index contributed by atoms with van der Waals surface area (Å²) in [4.78, 5) is 18.8. The Kier molecular flexibility index (Phi) is 6.15. The Hall–Kier alpha value is 1.19. The summed E-state index contributed by atoms with van der Waals surface area (Å²) < 4.78 is 0. The second-order valence-electron chi connectivity index (χ2n) is 5.09. The number of hydrogen-bond acceptors (Lipinski definition) is 1. The summed E-state index contributed by atoms with van der Waals surface area (Å²) >= 11 is 4.71. The zero-order valence-corrected chi connectivity index (χ0v) is 13.8. The largest absolute Gasteiger partial charge is 0.345 e. The Morgan fingerprint density at radius 3 is 1.46 bits per heavy atom. The van der Waals surface area contributed by atoms with Crippen LogP contribution in [0.5, 0.6) is 0 Å². The normalized spacial score (nSPS) is 13.8. The van der Waals surface area contributed by atoms with Gasteiger partial charge in [0.2, 0.25) is 0 Å². The minimum atomic E-state index is -3.13. The minimum Gasteiger partial charge on any atom is -0.345 e. The van der Waals surface area contributed by atoms with Crippen molar-refractivity contribution in [2.24, 2.45) is 5.41 Å². The maximum Gasteiger partial charge on any atom is 0.189 e. The molecule has 13 heavy (non-hydrogen) atoms. The van der Waals surface area contributed by atoms with E-state index in [-0.39, 0.29) is 24.9 Å². The molecule has 0 unspecified atom stereocenters. The summed E-state index contributed by atoms with van der Waals surface area (Å²) in [6.45, 7) is 6.71. The molecular formula is C8H19O2PSZn. The molecule has 0 aliphatic carbocycles. The van der Waals surface area contributed by atoms with Crippen LogP contribution in [-0.2, 0) is 31.3 Å². The van der Waals surface area contributed by atoms with Crippen LogP contribution in [0.4, 0.5) is 0 Å². The van der Waals surface area contributed by atoms with Crippen LogP contribution in [-0.4, -0.2) is 14.9 Å². The fourth-order valence-corrected chi connectivity index (χ4v) is 2.27. The van der Waals surface area contributed by atoms with Gasteiger partial charge in [0.15, 0.2) is 6.49 Å². The summed E-state index contributed by atoms with van der Waals surface area (Å²) in [6.07, 6.45) is 0.726. The second-order valence-corrected chi connectivity index (χ2v) is 8.92. The van der Waals surface area contributed by atoms with Crippen LogP contribution in [0.3, 0.4) is 0 Å². The standard InChI is InChI=1S/C8H19O2PS.Zn/c1-7(2,3)6-8(4,5)11(9,10)12;/h6H2,1-5H3,(H2,9,10,12);. The van der Waals surface area contributed by atoms with Gasteiger partial charge in [0, 0.05) is 24.6 Å². The van der Waals surface area contributed by atoms with E-state index in [1.165, 1.54) is 0 Å². The van der Waals surface area contributed by atoms with Gasteiger partial charge in [0.05, 0.1) is 0 Å². The van der Waals surface area contributed by atoms with E-state index in [9.17, 15) is 9.79 Å². The molecule has 0 aromatic rings. The molecule has 0 aromatic heterocycles. The third-order valence-electron chi connectivity index (χ3n) is 1.75. The van der Waals surface area contributed by atoms with Crippen molar-refractivity contribution in [1.82, 2.24) is 0 Å². The van der Waals surface area contributed by atoms with Crippen LogP contribution in [0, 0.1) is 5.41 Å². The van der Waals surface area contributed by atoms with Crippen LogP contribution >= 0.6 is 6.49 Å². The number of hydrogen-bond donors (Lipinski definition) is 2. The molecule has 2 nitrogen and oxygen atoms in total. The van der Waals surface area contributed by atoms with E-state index in [0.717, 1.165) is 6.42 Å². The van der Waals surface area contributed by atoms with Gasteiger partial charge in [-0.1, -0.05) is 34.6 Å². The summed E-state index contributed by atoms with van der Waals surface area (Å²) in [7, 11) is 0. The summed E-state index contributed by atoms with van der Waals surface area (Å²) in [5.74, 6) is 0. The van der Waals surface area contributed by atoms with Gasteiger partial charge in [-0.2, -0.15) is 0 Å². The van der Waals surface area contributed by atoms with E-state index < -0.39 is 11.6 Å². The van der Waals surface area contributed by atoms with Crippen molar-refractivity contribution in [3.05, 3.63) is 0 Å². The molecule has 0 aromatic carbocycles. The Labute approximate surface area is 99.1 Å². The number of rotatable bonds is 2. The molecule has 0 saturated heterocycles. The van der Waals surface area contributed by atoms with Gasteiger partial charge < -0.3 is 9.79 Å². The van der Waals surface area contributed by atoms with E-state index in [2.05, 4.69) is 20.8 Å². The SMILES string of the molecule is CC(C)(C)CC(C)(C)P(O)(O)=S.[Zn]. The maximum absolute atomic E-state index is 9.39. The van der Waals surface area contributed by atoms with Crippen molar-refractivity contribution in [3.63, 3.8) is 0 Å². The summed E-state index contributed by atoms with van der Waals surface area (Å²) in [6, 6.07) is 0. The molecule has 0 aliphatic rings. The van der Waals surface area contributed by atoms with Gasteiger partial charge >= 0.3 is 0 Å². The Bertz CT molecular complexity index is 205. The minimum absolute atomic E-state index is 0. The first-order valence-corrected chi connectivity index (χ1v) is 6.72. The molecule has 5 heteroatoms. The second kappa shape index (κ2) is 4.81. The molecule has 2 N–H and O–H groups in total. The average molecular weight is 276 g/mol. The van der Waals surface area contributed by atoms with Gasteiger partial charge in [0.1, 0.15) is 0 Å². The predicted molar refractivity (Wildman–Crippen MR) is 56.9 cm³/mol. The van der Waals surface area contributed by atoms with E-state index >= 15 is 0 Å². The van der Waals surface area contributed by atoms with E-state index in [4.69, 9.17) is 11.8 Å². The van der Waals surface area contributed by atoms with Crippen LogP contribution in [0.2, 0.25) is 0 Å². The predicted octanol–water partition coefficient (Wildman–Crippen LogP) is 2.49. The molecule has 76 valence electrons. The first kappa shape index (κ1) is 16.6. The monoisotopic (exact) mass is 274 g/mol. The quantitative estimate of drug-likeness (QED) is 0.601. The molecule has 0 atom stereocenters. The van der Waals surface area contributed by atoms with Crippen molar-refractivity contribution in [1.29, 1.82) is 0 Å². The van der Waals surface area contributed by atoms with Crippen molar-refractivity contribution in [2.45, 2.75) is 46.2 Å². The van der Waals surface area contributed by atoms with Gasteiger partial charge in [-0.3, -0.25) is 0 Å². The average Bonchev–Trinajstić information content (AvgIpc) is 1.52. The molecule has 0 fully saturated rings. The van der Waals surface area contributed by atoms with Crippen molar-refractivity contribution < 1.29 is 29.3 Å². The van der Waals surface area contributed by atoms with Crippen LogP contribution < -0.4 is 0 Å². The molecule has 0 rings (SSSR count). The first-order chi connectivity index (χ1) is 4.96. The molecular weight excluding hydrogens is 257 g/mol. The zero-order chi connectivity index (χ0) is 10.2. The van der Waals surface area contributed by atoms with Crippen molar-refractivity contribution in [3.8, 4) is 0 Å². The Balaban J connectivity index is 0. The maximum atomic E-state index is 9.39. The van der Waals surface area contributed by atoms with Gasteiger partial charge in [0.25, 0.3) is 0 Å². The molecule has 0 saturated carbocycles. The third-order valence-corrected chi connectivity index (χ3v) is 4.97. The Morgan fingerprint density at radius 2 is 1.38 bits per heavy atom. The smallest absolute Gasteiger partial charge is 0.189 e. The molecule has 0 amide bonds. The van der Waals surface area contributed by atoms with Gasteiger partial charge in [-0.15, -0.1) is 0 Å². The van der Waals surface area contributed by atoms with Gasteiger partial charge in [-0.05, 0) is 23.6 Å². The third kappa shape index (κ3) is 6.30. The molecule has 0 heterocycles. The first-order valence-electron chi connectivity index (χ1n) is 4.01. The molecule has 0 aliphatic heterocycles. The van der Waals surface area contributed by atoms with Crippen LogP contribution in [0.25, 0.3) is 0 Å². The fourth-order valence-electron chi connectivity index (χ4n) is 1.40. The van der Waals surface area contributed by atoms with E-state index in [1.54, 1.807) is 0 Å². The Morgan fingerprint density at radius 1 is 1.08 bits per heavy atom. The van der Waals surface area contributed by atoms with Crippen molar-refractivity contribution in [2.75, 3.05) is 0 Å². The van der Waals surface area contributed by atoms with Gasteiger partial charge in [-0.25, -0.2) is 0 Å². The molecule has 0 bridgehead atoms. The fraction of sp³-hybridized carbons (Fsp3) is 1.00. The topological polar surface area (TPSA) is 40.5 Å².